The molecule has 1 aliphatic rings. The van der Waals surface area contributed by atoms with E-state index in [2.05, 4.69) is 5.32 Å². The molecule has 1 aliphatic heterocycles. The topological polar surface area (TPSA) is 21.3 Å². The third-order valence-electron chi connectivity index (χ3n) is 3.49. The van der Waals surface area contributed by atoms with E-state index in [1.165, 1.54) is 12.8 Å². The standard InChI is InChI=1S/C14H20FNO/c1-17-14-6-2-5-12(9-15)13(14)8-11-4-3-7-16-10-11/h2,5-6,11,16H,3-4,7-10H2,1H3. The first-order chi connectivity index (χ1) is 8.35. The van der Waals surface area contributed by atoms with E-state index in [1.807, 2.05) is 18.2 Å². The van der Waals surface area contributed by atoms with E-state index in [0.29, 0.717) is 5.92 Å². The molecule has 0 aromatic heterocycles. The van der Waals surface area contributed by atoms with E-state index in [1.54, 1.807) is 7.11 Å². The second kappa shape index (κ2) is 6.01. The molecule has 0 radical (unpaired) electrons. The lowest BCUT2D eigenvalue weighted by molar-refractivity contribution is 0.360. The third kappa shape index (κ3) is 2.97. The van der Waals surface area contributed by atoms with Crippen molar-refractivity contribution in [1.82, 2.24) is 5.32 Å². The van der Waals surface area contributed by atoms with Gasteiger partial charge in [-0.3, -0.25) is 0 Å². The number of benzene rings is 1. The van der Waals surface area contributed by atoms with Crippen LogP contribution in [-0.4, -0.2) is 20.2 Å². The van der Waals surface area contributed by atoms with E-state index < -0.39 is 6.67 Å². The molecule has 1 heterocycles. The summed E-state index contributed by atoms with van der Waals surface area (Å²) in [6.45, 7) is 1.73. The van der Waals surface area contributed by atoms with E-state index >= 15 is 0 Å². The summed E-state index contributed by atoms with van der Waals surface area (Å²) in [4.78, 5) is 0. The van der Waals surface area contributed by atoms with Gasteiger partial charge in [0.2, 0.25) is 0 Å². The zero-order valence-electron chi connectivity index (χ0n) is 10.3. The van der Waals surface area contributed by atoms with E-state index in [9.17, 15) is 4.39 Å². The van der Waals surface area contributed by atoms with Gasteiger partial charge in [-0.2, -0.15) is 0 Å². The lowest BCUT2D eigenvalue weighted by Crippen LogP contribution is -2.31. The Bertz CT molecular complexity index is 339. The van der Waals surface area contributed by atoms with Gasteiger partial charge in [0.1, 0.15) is 12.4 Å². The number of hydrogen-bond acceptors (Lipinski definition) is 2. The monoisotopic (exact) mass is 237 g/mol. The number of ether oxygens (including phenoxy) is 1. The summed E-state index contributed by atoms with van der Waals surface area (Å²) in [5.74, 6) is 1.43. The number of methoxy groups -OCH3 is 1. The normalized spacial score (nSPS) is 20.2. The van der Waals surface area contributed by atoms with Crippen LogP contribution in [0.15, 0.2) is 18.2 Å². The number of halogens is 1. The fourth-order valence-corrected chi connectivity index (χ4v) is 2.55. The lowest BCUT2D eigenvalue weighted by Gasteiger charge is -2.24. The molecule has 17 heavy (non-hydrogen) atoms. The van der Waals surface area contributed by atoms with Crippen LogP contribution in [0.3, 0.4) is 0 Å². The molecule has 1 fully saturated rings. The van der Waals surface area contributed by atoms with Gasteiger partial charge in [0.15, 0.2) is 0 Å². The van der Waals surface area contributed by atoms with Crippen LogP contribution in [0.2, 0.25) is 0 Å². The van der Waals surface area contributed by atoms with Gasteiger partial charge in [0.05, 0.1) is 7.11 Å². The Labute approximate surface area is 102 Å². The van der Waals surface area contributed by atoms with Crippen LogP contribution < -0.4 is 10.1 Å². The van der Waals surface area contributed by atoms with Crippen LogP contribution in [0.1, 0.15) is 24.0 Å². The Hall–Kier alpha value is -1.09. The Morgan fingerprint density at radius 1 is 1.47 bits per heavy atom. The first-order valence-corrected chi connectivity index (χ1v) is 6.26. The first-order valence-electron chi connectivity index (χ1n) is 6.26. The molecule has 1 aromatic carbocycles. The molecule has 1 unspecified atom stereocenters. The van der Waals surface area contributed by atoms with Gasteiger partial charge in [0.25, 0.3) is 0 Å². The summed E-state index contributed by atoms with van der Waals surface area (Å²) >= 11 is 0. The summed E-state index contributed by atoms with van der Waals surface area (Å²) in [5, 5.41) is 3.40. The van der Waals surface area contributed by atoms with Crippen molar-refractivity contribution in [1.29, 1.82) is 0 Å². The minimum absolute atomic E-state index is 0.410. The Morgan fingerprint density at radius 3 is 3.00 bits per heavy atom. The van der Waals surface area contributed by atoms with Crippen LogP contribution in [0.5, 0.6) is 5.75 Å². The minimum Gasteiger partial charge on any atom is -0.496 e. The molecule has 94 valence electrons. The predicted octanol–water partition coefficient (Wildman–Crippen LogP) is 2.71. The second-order valence-corrected chi connectivity index (χ2v) is 4.65. The smallest absolute Gasteiger partial charge is 0.122 e. The largest absolute Gasteiger partial charge is 0.496 e. The summed E-state index contributed by atoms with van der Waals surface area (Å²) in [7, 11) is 1.65. The van der Waals surface area contributed by atoms with Crippen LogP contribution in [0.25, 0.3) is 0 Å². The highest BCUT2D eigenvalue weighted by atomic mass is 19.1. The zero-order valence-corrected chi connectivity index (χ0v) is 10.3. The highest BCUT2D eigenvalue weighted by Crippen LogP contribution is 2.27. The Balaban J connectivity index is 2.16. The highest BCUT2D eigenvalue weighted by Gasteiger charge is 2.17. The molecule has 0 saturated carbocycles. The number of nitrogens with one attached hydrogen (secondary N) is 1. The first kappa shape index (κ1) is 12.4. The van der Waals surface area contributed by atoms with Gasteiger partial charge in [-0.1, -0.05) is 12.1 Å². The van der Waals surface area contributed by atoms with Crippen LogP contribution in [0.4, 0.5) is 4.39 Å². The number of hydrogen-bond donors (Lipinski definition) is 1. The Morgan fingerprint density at radius 2 is 2.35 bits per heavy atom. The van der Waals surface area contributed by atoms with Crippen LogP contribution >= 0.6 is 0 Å². The summed E-state index contributed by atoms with van der Waals surface area (Å²) in [6.07, 6.45) is 3.35. The fourth-order valence-electron chi connectivity index (χ4n) is 2.55. The lowest BCUT2D eigenvalue weighted by atomic mass is 9.90. The van der Waals surface area contributed by atoms with Gasteiger partial charge in [-0.05, 0) is 49.9 Å². The van der Waals surface area contributed by atoms with Crippen LogP contribution in [-0.2, 0) is 13.1 Å². The maximum absolute atomic E-state index is 13.0. The summed E-state index contributed by atoms with van der Waals surface area (Å²) in [6, 6.07) is 5.63. The third-order valence-corrected chi connectivity index (χ3v) is 3.49. The molecule has 2 rings (SSSR count). The van der Waals surface area contributed by atoms with Crippen molar-refractivity contribution in [2.45, 2.75) is 25.9 Å². The number of rotatable bonds is 4. The second-order valence-electron chi connectivity index (χ2n) is 4.65. The van der Waals surface area contributed by atoms with Crippen molar-refractivity contribution in [2.24, 2.45) is 5.92 Å². The molecular weight excluding hydrogens is 217 g/mol. The molecule has 0 bridgehead atoms. The number of piperidine rings is 1. The Kier molecular flexibility index (Phi) is 4.37. The van der Waals surface area contributed by atoms with E-state index in [-0.39, 0.29) is 0 Å². The molecule has 1 aromatic rings. The minimum atomic E-state index is -0.410. The van der Waals surface area contributed by atoms with Gasteiger partial charge in [-0.25, -0.2) is 4.39 Å². The SMILES string of the molecule is COc1cccc(CF)c1CC1CCCNC1. The molecule has 1 saturated heterocycles. The maximum atomic E-state index is 13.0. The summed E-state index contributed by atoms with van der Waals surface area (Å²) < 4.78 is 18.3. The van der Waals surface area contributed by atoms with Crippen molar-refractivity contribution < 1.29 is 9.13 Å². The van der Waals surface area contributed by atoms with Gasteiger partial charge in [-0.15, -0.1) is 0 Å². The van der Waals surface area contributed by atoms with E-state index in [4.69, 9.17) is 4.74 Å². The molecule has 2 nitrogen and oxygen atoms in total. The molecular formula is C14H20FNO. The number of alkyl halides is 1. The maximum Gasteiger partial charge on any atom is 0.122 e. The molecule has 0 spiro atoms. The quantitative estimate of drug-likeness (QED) is 0.869. The van der Waals surface area contributed by atoms with Crippen molar-refractivity contribution in [2.75, 3.05) is 20.2 Å². The fraction of sp³-hybridized carbons (Fsp3) is 0.571. The average Bonchev–Trinajstić information content (AvgIpc) is 2.40. The molecule has 0 amide bonds. The molecule has 1 atom stereocenters. The molecule has 3 heteroatoms. The average molecular weight is 237 g/mol. The van der Waals surface area contributed by atoms with Crippen molar-refractivity contribution in [3.8, 4) is 5.75 Å². The zero-order chi connectivity index (χ0) is 12.1. The van der Waals surface area contributed by atoms with Crippen molar-refractivity contribution in [3.63, 3.8) is 0 Å². The van der Waals surface area contributed by atoms with Crippen LogP contribution in [0, 0.1) is 5.92 Å². The van der Waals surface area contributed by atoms with Gasteiger partial charge in [0, 0.05) is 5.56 Å². The highest BCUT2D eigenvalue weighted by molar-refractivity contribution is 5.40. The van der Waals surface area contributed by atoms with Crippen molar-refractivity contribution in [3.05, 3.63) is 29.3 Å². The predicted molar refractivity (Wildman–Crippen MR) is 67.1 cm³/mol. The van der Waals surface area contributed by atoms with Crippen molar-refractivity contribution >= 4 is 0 Å². The molecule has 0 aliphatic carbocycles. The molecule has 1 N–H and O–H groups in total. The van der Waals surface area contributed by atoms with Gasteiger partial charge < -0.3 is 10.1 Å². The summed E-state index contributed by atoms with van der Waals surface area (Å²) in [5.41, 5.74) is 1.82. The van der Waals surface area contributed by atoms with E-state index in [0.717, 1.165) is 36.4 Å². The van der Waals surface area contributed by atoms with Gasteiger partial charge >= 0.3 is 0 Å².